The van der Waals surface area contributed by atoms with Crippen LogP contribution in [-0.4, -0.2) is 33.9 Å². The van der Waals surface area contributed by atoms with Gasteiger partial charge in [0.05, 0.1) is 5.75 Å². The third-order valence-electron chi connectivity index (χ3n) is 2.95. The molecule has 0 radical (unpaired) electrons. The van der Waals surface area contributed by atoms with Crippen molar-refractivity contribution in [1.29, 1.82) is 0 Å². The molecule has 1 aromatic carbocycles. The lowest BCUT2D eigenvalue weighted by atomic mass is 10.1. The van der Waals surface area contributed by atoms with Gasteiger partial charge < -0.3 is 20.4 Å². The first-order valence-electron chi connectivity index (χ1n) is 6.46. The molecule has 2 aromatic rings. The summed E-state index contributed by atoms with van der Waals surface area (Å²) in [4.78, 5) is 21.9. The summed E-state index contributed by atoms with van der Waals surface area (Å²) in [5, 5.41) is 18.0. The molecule has 4 N–H and O–H groups in total. The van der Waals surface area contributed by atoms with Crippen LogP contribution in [0, 0.1) is 0 Å². The number of furan rings is 1. The van der Waals surface area contributed by atoms with Gasteiger partial charge in [-0.1, -0.05) is 30.3 Å². The summed E-state index contributed by atoms with van der Waals surface area (Å²) in [6.45, 7) is 0. The third-order valence-corrected chi connectivity index (χ3v) is 4.01. The normalized spacial score (nSPS) is 12.0. The topological polar surface area (TPSA) is 114 Å². The van der Waals surface area contributed by atoms with Gasteiger partial charge in [-0.25, -0.2) is 4.79 Å². The molecule has 1 atom stereocenters. The molecule has 6 nitrogen and oxygen atoms in total. The molecule has 2 rings (SSSR count). The van der Waals surface area contributed by atoms with Gasteiger partial charge in [0.2, 0.25) is 0 Å². The third kappa shape index (κ3) is 3.90. The highest BCUT2D eigenvalue weighted by molar-refractivity contribution is 7.98. The van der Waals surface area contributed by atoms with E-state index in [1.165, 1.54) is 17.8 Å². The SMILES string of the molecule is N[C@H](CSCc1oc(-c2ccccc2)cc1C(=O)O)C(=O)O. The predicted molar refractivity (Wildman–Crippen MR) is 82.9 cm³/mol. The van der Waals surface area contributed by atoms with Crippen LogP contribution in [0.3, 0.4) is 0 Å². The van der Waals surface area contributed by atoms with E-state index in [-0.39, 0.29) is 17.1 Å². The van der Waals surface area contributed by atoms with Gasteiger partial charge in [-0.05, 0) is 6.07 Å². The maximum atomic E-state index is 11.3. The minimum atomic E-state index is -1.09. The molecule has 0 fully saturated rings. The smallest absolute Gasteiger partial charge is 0.339 e. The highest BCUT2D eigenvalue weighted by Crippen LogP contribution is 2.28. The van der Waals surface area contributed by atoms with Gasteiger partial charge in [0.25, 0.3) is 0 Å². The highest BCUT2D eigenvalue weighted by Gasteiger charge is 2.19. The summed E-state index contributed by atoms with van der Waals surface area (Å²) < 4.78 is 5.61. The average Bonchev–Trinajstić information content (AvgIpc) is 2.92. The molecule has 0 aliphatic rings. The van der Waals surface area contributed by atoms with Gasteiger partial charge in [0.15, 0.2) is 0 Å². The number of rotatable bonds is 7. The van der Waals surface area contributed by atoms with Gasteiger partial charge >= 0.3 is 11.9 Å². The Labute approximate surface area is 130 Å². The largest absolute Gasteiger partial charge is 0.480 e. The van der Waals surface area contributed by atoms with Crippen LogP contribution >= 0.6 is 11.8 Å². The summed E-state index contributed by atoms with van der Waals surface area (Å²) in [5.74, 6) is -0.977. The number of nitrogens with two attached hydrogens (primary N) is 1. The molecule has 7 heteroatoms. The van der Waals surface area contributed by atoms with Crippen LogP contribution in [-0.2, 0) is 10.5 Å². The second-order valence-electron chi connectivity index (χ2n) is 4.58. The summed E-state index contributed by atoms with van der Waals surface area (Å²) in [5.41, 5.74) is 6.27. The Morgan fingerprint density at radius 3 is 2.50 bits per heavy atom. The fourth-order valence-corrected chi connectivity index (χ4v) is 2.73. The number of carboxylic acids is 2. The minimum Gasteiger partial charge on any atom is -0.480 e. The standard InChI is InChI=1S/C15H15NO5S/c16-11(15(19)20)7-22-8-13-10(14(17)18)6-12(21-13)9-4-2-1-3-5-9/h1-6,11H,7-8,16H2,(H,17,18)(H,19,20)/t11-/m1/s1. The quantitative estimate of drug-likeness (QED) is 0.717. The molecule has 0 unspecified atom stereocenters. The van der Waals surface area contributed by atoms with E-state index < -0.39 is 18.0 Å². The molecule has 0 saturated heterocycles. The zero-order valence-corrected chi connectivity index (χ0v) is 12.4. The van der Waals surface area contributed by atoms with E-state index in [4.69, 9.17) is 15.3 Å². The Morgan fingerprint density at radius 1 is 1.23 bits per heavy atom. The Balaban J connectivity index is 2.15. The van der Waals surface area contributed by atoms with Crippen LogP contribution in [0.25, 0.3) is 11.3 Å². The van der Waals surface area contributed by atoms with E-state index in [1.807, 2.05) is 30.3 Å². The molecular weight excluding hydrogens is 306 g/mol. The van der Waals surface area contributed by atoms with Gasteiger partial charge in [0, 0.05) is 11.3 Å². The van der Waals surface area contributed by atoms with Crippen LogP contribution in [0.5, 0.6) is 0 Å². The van der Waals surface area contributed by atoms with E-state index in [1.54, 1.807) is 0 Å². The first-order chi connectivity index (χ1) is 10.5. The molecule has 1 aromatic heterocycles. The van der Waals surface area contributed by atoms with E-state index in [2.05, 4.69) is 0 Å². The Morgan fingerprint density at radius 2 is 1.91 bits per heavy atom. The molecule has 0 aliphatic carbocycles. The molecule has 0 saturated carbocycles. The minimum absolute atomic E-state index is 0.0789. The number of carbonyl (C=O) groups is 2. The van der Waals surface area contributed by atoms with Crippen LogP contribution in [0.1, 0.15) is 16.1 Å². The number of benzene rings is 1. The van der Waals surface area contributed by atoms with Gasteiger partial charge in [-0.15, -0.1) is 0 Å². The number of aromatic carboxylic acids is 1. The maximum absolute atomic E-state index is 11.3. The molecule has 0 amide bonds. The summed E-state index contributed by atoms with van der Waals surface area (Å²) in [7, 11) is 0. The first-order valence-corrected chi connectivity index (χ1v) is 7.62. The fourth-order valence-electron chi connectivity index (χ4n) is 1.81. The zero-order valence-electron chi connectivity index (χ0n) is 11.6. The molecule has 0 spiro atoms. The van der Waals surface area contributed by atoms with Crippen LogP contribution in [0.2, 0.25) is 0 Å². The van der Waals surface area contributed by atoms with Crippen molar-refractivity contribution in [2.24, 2.45) is 5.73 Å². The maximum Gasteiger partial charge on any atom is 0.339 e. The Bertz CT molecular complexity index is 668. The lowest BCUT2D eigenvalue weighted by Crippen LogP contribution is -2.32. The Hall–Kier alpha value is -2.25. The monoisotopic (exact) mass is 321 g/mol. The van der Waals surface area contributed by atoms with Crippen molar-refractivity contribution >= 4 is 23.7 Å². The lowest BCUT2D eigenvalue weighted by molar-refractivity contribution is -0.137. The fraction of sp³-hybridized carbons (Fsp3) is 0.200. The number of carboxylic acid groups (broad SMARTS) is 2. The highest BCUT2D eigenvalue weighted by atomic mass is 32.2. The van der Waals surface area contributed by atoms with Crippen molar-refractivity contribution in [1.82, 2.24) is 0 Å². The molecule has 116 valence electrons. The summed E-state index contributed by atoms with van der Waals surface area (Å²) >= 11 is 1.22. The van der Waals surface area contributed by atoms with Crippen LogP contribution in [0.15, 0.2) is 40.8 Å². The zero-order chi connectivity index (χ0) is 16.1. The first kappa shape index (κ1) is 16.1. The number of hydrogen-bond acceptors (Lipinski definition) is 5. The van der Waals surface area contributed by atoms with Crippen molar-refractivity contribution in [3.8, 4) is 11.3 Å². The van der Waals surface area contributed by atoms with Gasteiger partial charge in [0.1, 0.15) is 23.1 Å². The van der Waals surface area contributed by atoms with Crippen molar-refractivity contribution in [2.75, 3.05) is 5.75 Å². The number of aliphatic carboxylic acids is 1. The number of thioether (sulfide) groups is 1. The molecule has 0 aliphatic heterocycles. The second kappa shape index (κ2) is 7.15. The predicted octanol–water partition coefficient (Wildman–Crippen LogP) is 2.29. The average molecular weight is 321 g/mol. The van der Waals surface area contributed by atoms with E-state index in [0.29, 0.717) is 11.5 Å². The summed E-state index contributed by atoms with van der Waals surface area (Å²) in [6, 6.07) is 9.65. The van der Waals surface area contributed by atoms with Crippen molar-refractivity contribution < 1.29 is 24.2 Å². The van der Waals surface area contributed by atoms with Crippen molar-refractivity contribution in [3.63, 3.8) is 0 Å². The van der Waals surface area contributed by atoms with Crippen LogP contribution in [0.4, 0.5) is 0 Å². The van der Waals surface area contributed by atoms with E-state index in [9.17, 15) is 14.7 Å². The molecular formula is C15H15NO5S. The number of hydrogen-bond donors (Lipinski definition) is 3. The van der Waals surface area contributed by atoms with Gasteiger partial charge in [-0.2, -0.15) is 11.8 Å². The van der Waals surface area contributed by atoms with Gasteiger partial charge in [-0.3, -0.25) is 4.79 Å². The van der Waals surface area contributed by atoms with Crippen molar-refractivity contribution in [2.45, 2.75) is 11.8 Å². The van der Waals surface area contributed by atoms with E-state index in [0.717, 1.165) is 5.56 Å². The molecule has 0 bridgehead atoms. The lowest BCUT2D eigenvalue weighted by Gasteiger charge is -2.05. The summed E-state index contributed by atoms with van der Waals surface area (Å²) in [6.07, 6.45) is 0. The van der Waals surface area contributed by atoms with Crippen molar-refractivity contribution in [3.05, 3.63) is 47.7 Å². The van der Waals surface area contributed by atoms with E-state index >= 15 is 0 Å². The van der Waals surface area contributed by atoms with Crippen LogP contribution < -0.4 is 5.73 Å². The molecule has 22 heavy (non-hydrogen) atoms. The molecule has 1 heterocycles. The Kier molecular flexibility index (Phi) is 5.24. The second-order valence-corrected chi connectivity index (χ2v) is 5.61.